The normalized spacial score (nSPS) is 15.0. The molecule has 1 aromatic carbocycles. The van der Waals surface area contributed by atoms with E-state index in [0.717, 1.165) is 67.3 Å². The van der Waals surface area contributed by atoms with Gasteiger partial charge in [-0.2, -0.15) is 9.61 Å². The number of hydrogen-bond donors (Lipinski definition) is 1. The zero-order chi connectivity index (χ0) is 21.3. The van der Waals surface area contributed by atoms with Crippen LogP contribution in [0.1, 0.15) is 43.0 Å². The minimum atomic E-state index is 0.106. The minimum absolute atomic E-state index is 0.106. The summed E-state index contributed by atoms with van der Waals surface area (Å²) in [5.74, 6) is 1.36. The summed E-state index contributed by atoms with van der Waals surface area (Å²) in [5, 5.41) is 7.95. The van der Waals surface area contributed by atoms with Gasteiger partial charge in [0.2, 0.25) is 5.91 Å². The highest BCUT2D eigenvalue weighted by molar-refractivity contribution is 5.79. The van der Waals surface area contributed by atoms with E-state index < -0.39 is 0 Å². The summed E-state index contributed by atoms with van der Waals surface area (Å²) in [6, 6.07) is 10.7. The van der Waals surface area contributed by atoms with Crippen LogP contribution in [0.2, 0.25) is 0 Å². The van der Waals surface area contributed by atoms with Crippen LogP contribution in [-0.2, 0) is 4.79 Å². The van der Waals surface area contributed by atoms with Crippen LogP contribution in [0.25, 0.3) is 16.9 Å². The molecule has 2 aromatic heterocycles. The van der Waals surface area contributed by atoms with Crippen molar-refractivity contribution in [3.05, 3.63) is 47.2 Å². The van der Waals surface area contributed by atoms with Gasteiger partial charge >= 0.3 is 0 Å². The number of hydrogen-bond acceptors (Lipinski definition) is 4. The Balaban J connectivity index is 1.60. The Morgan fingerprint density at radius 2 is 1.77 bits per heavy atom. The Bertz CT molecular complexity index is 1040. The second-order valence-corrected chi connectivity index (χ2v) is 8.48. The van der Waals surface area contributed by atoms with Crippen LogP contribution < -0.4 is 10.2 Å². The molecule has 158 valence electrons. The summed E-state index contributed by atoms with van der Waals surface area (Å²) < 4.78 is 1.96. The number of rotatable bonds is 5. The Kier molecular flexibility index (Phi) is 5.75. The Labute approximate surface area is 178 Å². The SMILES string of the molecule is CCCNC(=O)C1CCN(c2cc(C)nc3cc(-c4cc(C)cc(C)c4)nn23)CC1. The van der Waals surface area contributed by atoms with Crippen LogP contribution in [0, 0.1) is 26.7 Å². The first-order valence-electron chi connectivity index (χ1n) is 10.9. The average Bonchev–Trinajstić information content (AvgIpc) is 3.15. The van der Waals surface area contributed by atoms with Crippen molar-refractivity contribution < 1.29 is 4.79 Å². The van der Waals surface area contributed by atoms with Crippen molar-refractivity contribution in [3.8, 4) is 11.3 Å². The molecule has 0 unspecified atom stereocenters. The van der Waals surface area contributed by atoms with E-state index in [1.165, 1.54) is 11.1 Å². The van der Waals surface area contributed by atoms with Gasteiger partial charge in [-0.25, -0.2) is 4.98 Å². The van der Waals surface area contributed by atoms with E-state index in [4.69, 9.17) is 10.1 Å². The predicted molar refractivity (Wildman–Crippen MR) is 121 cm³/mol. The average molecular weight is 406 g/mol. The fourth-order valence-corrected chi connectivity index (χ4v) is 4.33. The largest absolute Gasteiger partial charge is 0.356 e. The number of carbonyl (C=O) groups is 1. The van der Waals surface area contributed by atoms with Crippen molar-refractivity contribution in [3.63, 3.8) is 0 Å². The van der Waals surface area contributed by atoms with Gasteiger partial charge in [-0.3, -0.25) is 4.79 Å². The number of nitrogens with one attached hydrogen (secondary N) is 1. The number of aryl methyl sites for hydroxylation is 3. The van der Waals surface area contributed by atoms with Crippen molar-refractivity contribution in [1.29, 1.82) is 0 Å². The molecule has 0 saturated carbocycles. The van der Waals surface area contributed by atoms with E-state index in [0.29, 0.717) is 0 Å². The summed E-state index contributed by atoms with van der Waals surface area (Å²) in [7, 11) is 0. The summed E-state index contributed by atoms with van der Waals surface area (Å²) >= 11 is 0. The van der Waals surface area contributed by atoms with Crippen LogP contribution in [0.4, 0.5) is 5.82 Å². The first-order valence-corrected chi connectivity index (χ1v) is 10.9. The lowest BCUT2D eigenvalue weighted by Crippen LogP contribution is -2.41. The summed E-state index contributed by atoms with van der Waals surface area (Å²) in [4.78, 5) is 19.4. The van der Waals surface area contributed by atoms with Gasteiger partial charge in [-0.05, 0) is 52.2 Å². The van der Waals surface area contributed by atoms with Gasteiger partial charge in [-0.1, -0.05) is 24.1 Å². The van der Waals surface area contributed by atoms with Gasteiger partial charge < -0.3 is 10.2 Å². The number of piperidine rings is 1. The van der Waals surface area contributed by atoms with Crippen LogP contribution >= 0.6 is 0 Å². The lowest BCUT2D eigenvalue weighted by Gasteiger charge is -2.33. The molecule has 3 heterocycles. The highest BCUT2D eigenvalue weighted by Gasteiger charge is 2.26. The van der Waals surface area contributed by atoms with Crippen LogP contribution in [0.5, 0.6) is 0 Å². The number of amides is 1. The molecule has 1 saturated heterocycles. The maximum absolute atomic E-state index is 12.3. The van der Waals surface area contributed by atoms with E-state index in [-0.39, 0.29) is 11.8 Å². The third-order valence-electron chi connectivity index (χ3n) is 5.79. The molecule has 6 heteroatoms. The van der Waals surface area contributed by atoms with Crippen molar-refractivity contribution in [2.45, 2.75) is 47.0 Å². The minimum Gasteiger partial charge on any atom is -0.356 e. The molecule has 1 aliphatic rings. The molecule has 1 aliphatic heterocycles. The lowest BCUT2D eigenvalue weighted by molar-refractivity contribution is -0.125. The van der Waals surface area contributed by atoms with Gasteiger partial charge in [0.1, 0.15) is 5.82 Å². The molecule has 0 radical (unpaired) electrons. The second-order valence-electron chi connectivity index (χ2n) is 8.48. The smallest absolute Gasteiger partial charge is 0.223 e. The first-order chi connectivity index (χ1) is 14.4. The Morgan fingerprint density at radius 1 is 1.07 bits per heavy atom. The van der Waals surface area contributed by atoms with Crippen LogP contribution in [-0.4, -0.2) is 40.1 Å². The van der Waals surface area contributed by atoms with E-state index in [1.807, 2.05) is 11.4 Å². The van der Waals surface area contributed by atoms with Crippen molar-refractivity contribution in [2.24, 2.45) is 5.92 Å². The molecule has 1 amide bonds. The Hall–Kier alpha value is -2.89. The molecule has 4 rings (SSSR count). The second kappa shape index (κ2) is 8.46. The number of benzene rings is 1. The molecule has 6 nitrogen and oxygen atoms in total. The number of anilines is 1. The van der Waals surface area contributed by atoms with Crippen molar-refractivity contribution in [2.75, 3.05) is 24.5 Å². The molecule has 1 fully saturated rings. The highest BCUT2D eigenvalue weighted by atomic mass is 16.1. The maximum Gasteiger partial charge on any atom is 0.223 e. The Morgan fingerprint density at radius 3 is 2.43 bits per heavy atom. The summed E-state index contributed by atoms with van der Waals surface area (Å²) in [6.45, 7) is 10.8. The van der Waals surface area contributed by atoms with E-state index in [2.05, 4.69) is 61.3 Å². The number of nitrogens with zero attached hydrogens (tertiary/aromatic N) is 4. The molecule has 0 atom stereocenters. The summed E-state index contributed by atoms with van der Waals surface area (Å²) in [5.41, 5.74) is 6.36. The predicted octanol–water partition coefficient (Wildman–Crippen LogP) is 4.06. The van der Waals surface area contributed by atoms with Crippen LogP contribution in [0.15, 0.2) is 30.3 Å². The molecule has 1 N–H and O–H groups in total. The molecule has 3 aromatic rings. The fourth-order valence-electron chi connectivity index (χ4n) is 4.33. The monoisotopic (exact) mass is 405 g/mol. The quantitative estimate of drug-likeness (QED) is 0.695. The number of aromatic nitrogens is 3. The van der Waals surface area contributed by atoms with Gasteiger partial charge in [0, 0.05) is 48.9 Å². The van der Waals surface area contributed by atoms with Gasteiger partial charge in [0.15, 0.2) is 5.65 Å². The van der Waals surface area contributed by atoms with E-state index in [1.54, 1.807) is 0 Å². The molecule has 0 bridgehead atoms. The molecule has 0 spiro atoms. The van der Waals surface area contributed by atoms with Crippen LogP contribution in [0.3, 0.4) is 0 Å². The topological polar surface area (TPSA) is 62.5 Å². The molecule has 30 heavy (non-hydrogen) atoms. The highest BCUT2D eigenvalue weighted by Crippen LogP contribution is 2.28. The van der Waals surface area contributed by atoms with E-state index in [9.17, 15) is 4.79 Å². The molecule has 0 aliphatic carbocycles. The molecular formula is C24H31N5O. The fraction of sp³-hybridized carbons (Fsp3) is 0.458. The zero-order valence-corrected chi connectivity index (χ0v) is 18.4. The maximum atomic E-state index is 12.3. The third kappa shape index (κ3) is 4.18. The van der Waals surface area contributed by atoms with Crippen molar-refractivity contribution >= 4 is 17.4 Å². The summed E-state index contributed by atoms with van der Waals surface area (Å²) in [6.07, 6.45) is 2.70. The third-order valence-corrected chi connectivity index (χ3v) is 5.79. The lowest BCUT2D eigenvalue weighted by atomic mass is 9.96. The zero-order valence-electron chi connectivity index (χ0n) is 18.4. The van der Waals surface area contributed by atoms with E-state index >= 15 is 0 Å². The van der Waals surface area contributed by atoms with Crippen molar-refractivity contribution in [1.82, 2.24) is 19.9 Å². The number of carbonyl (C=O) groups excluding carboxylic acids is 1. The first kappa shape index (κ1) is 20.4. The van der Waals surface area contributed by atoms with Gasteiger partial charge in [0.25, 0.3) is 0 Å². The number of fused-ring (bicyclic) bond motifs is 1. The molecular weight excluding hydrogens is 374 g/mol. The standard InChI is InChI=1S/C24H31N5O/c1-5-8-25-24(30)19-6-9-28(10-7-19)23-14-18(4)26-22-15-21(27-29(22)23)20-12-16(2)11-17(3)13-20/h11-15,19H,5-10H2,1-4H3,(H,25,30). The van der Waals surface area contributed by atoms with Gasteiger partial charge in [-0.15, -0.1) is 0 Å². The van der Waals surface area contributed by atoms with Gasteiger partial charge in [0.05, 0.1) is 5.69 Å².